The molecule has 210 valence electrons. The Balaban J connectivity index is 1.47. The van der Waals surface area contributed by atoms with Crippen molar-refractivity contribution in [1.29, 1.82) is 0 Å². The van der Waals surface area contributed by atoms with E-state index in [1.165, 1.54) is 12.5 Å². The summed E-state index contributed by atoms with van der Waals surface area (Å²) >= 11 is 6.10. The molecule has 0 saturated carbocycles. The molecule has 0 aliphatic carbocycles. The summed E-state index contributed by atoms with van der Waals surface area (Å²) in [6.07, 6.45) is 0.846. The van der Waals surface area contributed by atoms with Crippen LogP contribution < -0.4 is 10.6 Å². The van der Waals surface area contributed by atoms with E-state index in [0.29, 0.717) is 35.3 Å². The molecule has 1 saturated heterocycles. The average molecular weight is 560 g/mol. The number of amides is 3. The van der Waals surface area contributed by atoms with E-state index in [-0.39, 0.29) is 29.1 Å². The first-order valence-electron chi connectivity index (χ1n) is 13.8. The Kier molecular flexibility index (Phi) is 8.99. The third-order valence-electron chi connectivity index (χ3n) is 7.67. The minimum absolute atomic E-state index is 0.0508. The molecule has 1 aliphatic rings. The lowest BCUT2D eigenvalue weighted by atomic mass is 9.70. The predicted octanol–water partition coefficient (Wildman–Crippen LogP) is 6.76. The molecule has 2 N–H and O–H groups in total. The maximum Gasteiger partial charge on any atom is 0.251 e. The highest BCUT2D eigenvalue weighted by molar-refractivity contribution is 6.30. The van der Waals surface area contributed by atoms with Gasteiger partial charge in [-0.05, 0) is 76.8 Å². The van der Waals surface area contributed by atoms with Crippen LogP contribution >= 0.6 is 11.6 Å². The first kappa shape index (κ1) is 29.3. The Hall–Kier alpha value is -3.64. The number of hydrogen-bond donors (Lipinski definition) is 2. The first-order valence-corrected chi connectivity index (χ1v) is 14.2. The summed E-state index contributed by atoms with van der Waals surface area (Å²) in [7, 11) is 0. The van der Waals surface area contributed by atoms with E-state index < -0.39 is 6.04 Å². The van der Waals surface area contributed by atoms with Gasteiger partial charge in [0.1, 0.15) is 6.04 Å². The third kappa shape index (κ3) is 6.92. The average Bonchev–Trinajstić information content (AvgIpc) is 2.91. The summed E-state index contributed by atoms with van der Waals surface area (Å²) < 4.78 is 0. The van der Waals surface area contributed by atoms with Crippen LogP contribution in [0.15, 0.2) is 72.8 Å². The largest absolute Gasteiger partial charge is 0.340 e. The second kappa shape index (κ2) is 12.3. The molecule has 3 amide bonds. The van der Waals surface area contributed by atoms with Crippen LogP contribution in [0.1, 0.15) is 62.9 Å². The summed E-state index contributed by atoms with van der Waals surface area (Å²) in [5.41, 5.74) is 3.99. The molecule has 3 aromatic rings. The highest BCUT2D eigenvalue weighted by Gasteiger charge is 2.40. The minimum atomic E-state index is -0.637. The van der Waals surface area contributed by atoms with E-state index in [1.807, 2.05) is 73.3 Å². The normalized spacial score (nSPS) is 17.3. The number of rotatable bonds is 7. The highest BCUT2D eigenvalue weighted by atomic mass is 35.5. The Morgan fingerprint density at radius 1 is 0.950 bits per heavy atom. The number of likely N-dealkylation sites (tertiary alicyclic amines) is 1. The van der Waals surface area contributed by atoms with Gasteiger partial charge in [-0.1, -0.05) is 75.7 Å². The van der Waals surface area contributed by atoms with Crippen molar-refractivity contribution in [2.75, 3.05) is 18.4 Å². The molecule has 2 atom stereocenters. The van der Waals surface area contributed by atoms with Gasteiger partial charge < -0.3 is 15.5 Å². The van der Waals surface area contributed by atoms with Crippen LogP contribution in [-0.4, -0.2) is 41.8 Å². The van der Waals surface area contributed by atoms with Gasteiger partial charge in [-0.15, -0.1) is 0 Å². The van der Waals surface area contributed by atoms with Gasteiger partial charge in [0.25, 0.3) is 5.91 Å². The summed E-state index contributed by atoms with van der Waals surface area (Å²) in [5.74, 6) is -0.251. The van der Waals surface area contributed by atoms with Crippen LogP contribution in [0.5, 0.6) is 0 Å². The van der Waals surface area contributed by atoms with E-state index in [2.05, 4.69) is 36.6 Å². The maximum atomic E-state index is 13.8. The molecule has 0 unspecified atom stereocenters. The van der Waals surface area contributed by atoms with Crippen molar-refractivity contribution in [2.24, 2.45) is 11.3 Å². The highest BCUT2D eigenvalue weighted by Crippen LogP contribution is 2.42. The van der Waals surface area contributed by atoms with Crippen LogP contribution in [-0.2, 0) is 9.59 Å². The first-order chi connectivity index (χ1) is 18.9. The number of benzene rings is 3. The standard InChI is InChI=1S/C33H38ClN3O3/c1-21(2)30(32(40)37-17-16-29(33(4,5)20-37)23-12-14-27(34)15-13-23)36-31(39)26-10-6-8-24(18-26)25-9-7-11-28(19-25)35-22(3)38/h6-15,18-19,21,29-30H,16-17,20H2,1-5H3,(H,35,38)(H,36,39)/t29-,30-/m1/s1. The van der Waals surface area contributed by atoms with Gasteiger partial charge in [0, 0.05) is 36.3 Å². The second-order valence-electron chi connectivity index (χ2n) is 11.7. The van der Waals surface area contributed by atoms with Crippen LogP contribution in [0.3, 0.4) is 0 Å². The molecule has 1 fully saturated rings. The lowest BCUT2D eigenvalue weighted by molar-refractivity contribution is -0.138. The fourth-order valence-corrected chi connectivity index (χ4v) is 5.74. The van der Waals surface area contributed by atoms with Gasteiger partial charge in [0.2, 0.25) is 11.8 Å². The van der Waals surface area contributed by atoms with Crippen LogP contribution in [0.25, 0.3) is 11.1 Å². The van der Waals surface area contributed by atoms with Gasteiger partial charge in [0.15, 0.2) is 0 Å². The quantitative estimate of drug-likeness (QED) is 0.335. The molecule has 1 aliphatic heterocycles. The van der Waals surface area contributed by atoms with E-state index >= 15 is 0 Å². The minimum Gasteiger partial charge on any atom is -0.340 e. The molecule has 0 spiro atoms. The van der Waals surface area contributed by atoms with Crippen LogP contribution in [0.2, 0.25) is 5.02 Å². The fraction of sp³-hybridized carbons (Fsp3) is 0.364. The molecule has 0 aromatic heterocycles. The van der Waals surface area contributed by atoms with Gasteiger partial charge >= 0.3 is 0 Å². The molecular formula is C33H38ClN3O3. The summed E-state index contributed by atoms with van der Waals surface area (Å²) in [6, 6.07) is 22.1. The van der Waals surface area contributed by atoms with Crippen LogP contribution in [0.4, 0.5) is 5.69 Å². The number of anilines is 1. The number of nitrogens with one attached hydrogen (secondary N) is 2. The van der Waals surface area contributed by atoms with Crippen molar-refractivity contribution in [3.8, 4) is 11.1 Å². The Bertz CT molecular complexity index is 1380. The van der Waals surface area contributed by atoms with Crippen LogP contribution in [0, 0.1) is 11.3 Å². The zero-order valence-corrected chi connectivity index (χ0v) is 24.6. The topological polar surface area (TPSA) is 78.5 Å². The zero-order chi connectivity index (χ0) is 29.0. The van der Waals surface area contributed by atoms with Gasteiger partial charge in [-0.25, -0.2) is 0 Å². The molecule has 6 nitrogen and oxygen atoms in total. The number of piperidine rings is 1. The molecule has 7 heteroatoms. The summed E-state index contributed by atoms with van der Waals surface area (Å²) in [5, 5.41) is 6.53. The van der Waals surface area contributed by atoms with E-state index in [0.717, 1.165) is 17.5 Å². The Morgan fingerprint density at radius 2 is 1.60 bits per heavy atom. The van der Waals surface area contributed by atoms with Crippen molar-refractivity contribution in [2.45, 2.75) is 53.0 Å². The van der Waals surface area contributed by atoms with Gasteiger partial charge in [-0.2, -0.15) is 0 Å². The number of halogens is 1. The van der Waals surface area contributed by atoms with Crippen molar-refractivity contribution >= 4 is 35.0 Å². The van der Waals surface area contributed by atoms with Crippen molar-refractivity contribution in [3.63, 3.8) is 0 Å². The maximum absolute atomic E-state index is 13.8. The molecule has 1 heterocycles. The fourth-order valence-electron chi connectivity index (χ4n) is 5.61. The summed E-state index contributed by atoms with van der Waals surface area (Å²) in [6.45, 7) is 11.0. The van der Waals surface area contributed by atoms with Gasteiger partial charge in [0.05, 0.1) is 0 Å². The predicted molar refractivity (Wildman–Crippen MR) is 161 cm³/mol. The molecular weight excluding hydrogens is 522 g/mol. The lowest BCUT2D eigenvalue weighted by Crippen LogP contribution is -2.55. The van der Waals surface area contributed by atoms with E-state index in [1.54, 1.807) is 6.07 Å². The Morgan fingerprint density at radius 3 is 2.23 bits per heavy atom. The lowest BCUT2D eigenvalue weighted by Gasteiger charge is -2.45. The smallest absolute Gasteiger partial charge is 0.251 e. The number of carbonyl (C=O) groups is 3. The third-order valence-corrected chi connectivity index (χ3v) is 7.93. The van der Waals surface area contributed by atoms with Gasteiger partial charge in [-0.3, -0.25) is 14.4 Å². The molecule has 0 bridgehead atoms. The summed E-state index contributed by atoms with van der Waals surface area (Å²) in [4.78, 5) is 40.5. The van der Waals surface area contributed by atoms with E-state index in [4.69, 9.17) is 11.6 Å². The van der Waals surface area contributed by atoms with E-state index in [9.17, 15) is 14.4 Å². The SMILES string of the molecule is CC(=O)Nc1cccc(-c2cccc(C(=O)N[C@@H](C(=O)N3CC[C@H](c4ccc(Cl)cc4)C(C)(C)C3)C(C)C)c2)c1. The monoisotopic (exact) mass is 559 g/mol. The van der Waals surface area contributed by atoms with Crippen molar-refractivity contribution in [3.05, 3.63) is 88.9 Å². The zero-order valence-electron chi connectivity index (χ0n) is 23.8. The Labute approximate surface area is 242 Å². The van der Waals surface area contributed by atoms with Crippen molar-refractivity contribution < 1.29 is 14.4 Å². The second-order valence-corrected chi connectivity index (χ2v) is 12.1. The number of hydrogen-bond acceptors (Lipinski definition) is 3. The molecule has 40 heavy (non-hydrogen) atoms. The molecule has 4 rings (SSSR count). The molecule has 0 radical (unpaired) electrons. The number of carbonyl (C=O) groups excluding carboxylic acids is 3. The van der Waals surface area contributed by atoms with Crippen molar-refractivity contribution in [1.82, 2.24) is 10.2 Å². The number of nitrogens with zero attached hydrogens (tertiary/aromatic N) is 1. The molecule has 3 aromatic carbocycles.